The van der Waals surface area contributed by atoms with Gasteiger partial charge in [0.15, 0.2) is 0 Å². The van der Waals surface area contributed by atoms with E-state index in [0.29, 0.717) is 19.0 Å². The molecule has 2 atom stereocenters. The van der Waals surface area contributed by atoms with Crippen LogP contribution in [0.5, 0.6) is 0 Å². The molecule has 1 aliphatic heterocycles. The Kier molecular flexibility index (Phi) is 4.65. The Morgan fingerprint density at radius 1 is 1.21 bits per heavy atom. The summed E-state index contributed by atoms with van der Waals surface area (Å²) in [6.07, 6.45) is 4.04. The lowest BCUT2D eigenvalue weighted by atomic mass is 9.95. The Morgan fingerprint density at radius 2 is 1.92 bits per heavy atom. The summed E-state index contributed by atoms with van der Waals surface area (Å²) < 4.78 is 1.86. The molecule has 1 amide bonds. The first-order chi connectivity index (χ1) is 11.1. The molecular weight excluding hydrogens is 324 g/mol. The van der Waals surface area contributed by atoms with Gasteiger partial charge < -0.3 is 10.6 Å². The molecular formula is C18H23ClN4O. The summed E-state index contributed by atoms with van der Waals surface area (Å²) in [7, 11) is 1.92. The highest BCUT2D eigenvalue weighted by molar-refractivity contribution is 5.95. The molecule has 1 aromatic heterocycles. The van der Waals surface area contributed by atoms with Crippen molar-refractivity contribution in [2.45, 2.75) is 30.7 Å². The first-order valence-corrected chi connectivity index (χ1v) is 8.27. The van der Waals surface area contributed by atoms with Crippen LogP contribution >= 0.6 is 12.4 Å². The lowest BCUT2D eigenvalue weighted by Crippen LogP contribution is -2.32. The molecule has 2 heterocycles. The second kappa shape index (κ2) is 6.57. The molecule has 128 valence electrons. The van der Waals surface area contributed by atoms with Crippen molar-refractivity contribution in [3.05, 3.63) is 53.3 Å². The van der Waals surface area contributed by atoms with Crippen molar-refractivity contribution in [2.24, 2.45) is 12.8 Å². The first kappa shape index (κ1) is 17.0. The Balaban J connectivity index is 0.00000169. The van der Waals surface area contributed by atoms with Crippen molar-refractivity contribution in [1.29, 1.82) is 0 Å². The zero-order valence-corrected chi connectivity index (χ0v) is 14.6. The predicted octanol–water partition coefficient (Wildman–Crippen LogP) is 2.29. The number of carbonyl (C=O) groups is 1. The van der Waals surface area contributed by atoms with Crippen LogP contribution in [0.1, 0.15) is 46.3 Å². The third kappa shape index (κ3) is 2.94. The predicted molar refractivity (Wildman–Crippen MR) is 95.5 cm³/mol. The number of likely N-dealkylation sites (tertiary alicyclic amines) is 1. The molecule has 1 aromatic carbocycles. The van der Waals surface area contributed by atoms with Crippen molar-refractivity contribution < 1.29 is 4.79 Å². The van der Waals surface area contributed by atoms with Crippen molar-refractivity contribution in [3.63, 3.8) is 0 Å². The van der Waals surface area contributed by atoms with E-state index in [2.05, 4.69) is 17.2 Å². The standard InChI is InChI=1S/C18H22N4O.ClH/c1-21-17(13-7-8-13)14(9-20-21)18(23)22-10-15(16(19)11-22)12-5-3-2-4-6-12;/h2-6,9,13,15-16H,7-8,10-11,19H2,1H3;1H/t15-,16+;/m0./s1. The number of rotatable bonds is 3. The van der Waals surface area contributed by atoms with Crippen LogP contribution in [0.25, 0.3) is 0 Å². The number of nitrogens with two attached hydrogens (primary N) is 1. The normalized spacial score (nSPS) is 23.2. The van der Waals surface area contributed by atoms with Gasteiger partial charge in [0.05, 0.1) is 17.5 Å². The van der Waals surface area contributed by atoms with Crippen LogP contribution < -0.4 is 5.73 Å². The van der Waals surface area contributed by atoms with Gasteiger partial charge >= 0.3 is 0 Å². The van der Waals surface area contributed by atoms with Gasteiger partial charge in [-0.2, -0.15) is 5.10 Å². The fraction of sp³-hybridized carbons (Fsp3) is 0.444. The highest BCUT2D eigenvalue weighted by atomic mass is 35.5. The molecule has 0 bridgehead atoms. The van der Waals surface area contributed by atoms with Gasteiger partial charge in [-0.3, -0.25) is 9.48 Å². The average molecular weight is 347 g/mol. The van der Waals surface area contributed by atoms with Crippen molar-refractivity contribution in [3.8, 4) is 0 Å². The number of hydrogen-bond acceptors (Lipinski definition) is 3. The van der Waals surface area contributed by atoms with Gasteiger partial charge in [0.1, 0.15) is 0 Å². The van der Waals surface area contributed by atoms with E-state index < -0.39 is 0 Å². The lowest BCUT2D eigenvalue weighted by Gasteiger charge is -2.17. The molecule has 24 heavy (non-hydrogen) atoms. The molecule has 0 radical (unpaired) electrons. The summed E-state index contributed by atoms with van der Waals surface area (Å²) >= 11 is 0. The van der Waals surface area contributed by atoms with Crippen LogP contribution in [0.4, 0.5) is 0 Å². The molecule has 4 rings (SSSR count). The van der Waals surface area contributed by atoms with Crippen molar-refractivity contribution in [1.82, 2.24) is 14.7 Å². The molecule has 1 saturated heterocycles. The second-order valence-corrected chi connectivity index (χ2v) is 6.73. The number of carbonyl (C=O) groups excluding carboxylic acids is 1. The van der Waals surface area contributed by atoms with Gasteiger partial charge in [0, 0.05) is 38.0 Å². The number of amides is 1. The maximum absolute atomic E-state index is 13.0. The molecule has 0 spiro atoms. The van der Waals surface area contributed by atoms with Crippen LogP contribution in [0, 0.1) is 0 Å². The first-order valence-electron chi connectivity index (χ1n) is 8.27. The van der Waals surface area contributed by atoms with Crippen LogP contribution in [-0.2, 0) is 7.05 Å². The van der Waals surface area contributed by atoms with Crippen LogP contribution in [0.3, 0.4) is 0 Å². The van der Waals surface area contributed by atoms with E-state index in [0.717, 1.165) is 24.1 Å². The van der Waals surface area contributed by atoms with E-state index in [-0.39, 0.29) is 30.3 Å². The summed E-state index contributed by atoms with van der Waals surface area (Å²) in [5.74, 6) is 0.790. The van der Waals surface area contributed by atoms with Crippen LogP contribution in [0.15, 0.2) is 36.5 Å². The molecule has 2 N–H and O–H groups in total. The number of aryl methyl sites for hydroxylation is 1. The van der Waals surface area contributed by atoms with E-state index in [4.69, 9.17) is 5.73 Å². The quantitative estimate of drug-likeness (QED) is 0.927. The fourth-order valence-corrected chi connectivity index (χ4v) is 3.67. The number of halogens is 1. The minimum atomic E-state index is -0.0117. The molecule has 2 aromatic rings. The average Bonchev–Trinajstić information content (AvgIpc) is 3.22. The van der Waals surface area contributed by atoms with Crippen LogP contribution in [0.2, 0.25) is 0 Å². The smallest absolute Gasteiger partial charge is 0.257 e. The maximum Gasteiger partial charge on any atom is 0.257 e. The number of aromatic nitrogens is 2. The summed E-state index contributed by atoms with van der Waals surface area (Å²) in [5, 5.41) is 4.30. The van der Waals surface area contributed by atoms with Gasteiger partial charge in [0.25, 0.3) is 5.91 Å². The molecule has 6 heteroatoms. The van der Waals surface area contributed by atoms with Crippen molar-refractivity contribution in [2.75, 3.05) is 13.1 Å². The number of hydrogen-bond donors (Lipinski definition) is 1. The fourth-order valence-electron chi connectivity index (χ4n) is 3.67. The molecule has 2 aliphatic rings. The maximum atomic E-state index is 13.0. The summed E-state index contributed by atoms with van der Waals surface area (Å²) in [5.41, 5.74) is 9.38. The molecule has 2 fully saturated rings. The zero-order chi connectivity index (χ0) is 16.0. The van der Waals surface area contributed by atoms with E-state index in [9.17, 15) is 4.79 Å². The minimum Gasteiger partial charge on any atom is -0.336 e. The third-order valence-corrected chi connectivity index (χ3v) is 5.06. The third-order valence-electron chi connectivity index (χ3n) is 5.06. The van der Waals surface area contributed by atoms with Crippen molar-refractivity contribution >= 4 is 18.3 Å². The van der Waals surface area contributed by atoms with Gasteiger partial charge in [0.2, 0.25) is 0 Å². The Labute approximate surface area is 148 Å². The van der Waals surface area contributed by atoms with E-state index in [1.165, 1.54) is 5.56 Å². The largest absolute Gasteiger partial charge is 0.336 e. The molecule has 1 saturated carbocycles. The topological polar surface area (TPSA) is 64.2 Å². The molecule has 0 unspecified atom stereocenters. The monoisotopic (exact) mass is 346 g/mol. The van der Waals surface area contributed by atoms with Gasteiger partial charge in [-0.05, 0) is 18.4 Å². The second-order valence-electron chi connectivity index (χ2n) is 6.73. The Bertz CT molecular complexity index is 726. The molecule has 5 nitrogen and oxygen atoms in total. The minimum absolute atomic E-state index is 0. The summed E-state index contributed by atoms with van der Waals surface area (Å²) in [6, 6.07) is 10.2. The highest BCUT2D eigenvalue weighted by Crippen LogP contribution is 2.42. The SMILES string of the molecule is Cl.Cn1ncc(C(=O)N2C[C@@H](N)[C@H](c3ccccc3)C2)c1C1CC1. The van der Waals surface area contributed by atoms with E-state index in [1.54, 1.807) is 6.20 Å². The van der Waals surface area contributed by atoms with Gasteiger partial charge in [-0.15, -0.1) is 12.4 Å². The molecule has 1 aliphatic carbocycles. The van der Waals surface area contributed by atoms with Gasteiger partial charge in [-0.1, -0.05) is 30.3 Å². The lowest BCUT2D eigenvalue weighted by molar-refractivity contribution is 0.0788. The number of benzene rings is 1. The number of nitrogens with zero attached hydrogens (tertiary/aromatic N) is 3. The van der Waals surface area contributed by atoms with Gasteiger partial charge in [-0.25, -0.2) is 0 Å². The Morgan fingerprint density at radius 3 is 2.58 bits per heavy atom. The van der Waals surface area contributed by atoms with Crippen LogP contribution in [-0.4, -0.2) is 39.7 Å². The Hall–Kier alpha value is -1.85. The van der Waals surface area contributed by atoms with E-state index >= 15 is 0 Å². The van der Waals surface area contributed by atoms with E-state index in [1.807, 2.05) is 34.8 Å². The zero-order valence-electron chi connectivity index (χ0n) is 13.8. The summed E-state index contributed by atoms with van der Waals surface area (Å²) in [4.78, 5) is 14.8. The summed E-state index contributed by atoms with van der Waals surface area (Å²) in [6.45, 7) is 1.29. The highest BCUT2D eigenvalue weighted by Gasteiger charge is 2.37.